The summed E-state index contributed by atoms with van der Waals surface area (Å²) in [6, 6.07) is 9.82. The summed E-state index contributed by atoms with van der Waals surface area (Å²) >= 11 is 0. The molecule has 1 heterocycles. The first-order chi connectivity index (χ1) is 29.4. The van der Waals surface area contributed by atoms with Gasteiger partial charge in [-0.2, -0.15) is 0 Å². The van der Waals surface area contributed by atoms with Crippen molar-refractivity contribution in [3.8, 4) is 0 Å². The van der Waals surface area contributed by atoms with Crippen molar-refractivity contribution in [1.29, 1.82) is 0 Å². The van der Waals surface area contributed by atoms with Crippen molar-refractivity contribution >= 4 is 35.3 Å². The summed E-state index contributed by atoms with van der Waals surface area (Å²) in [7, 11) is 1.68. The molecular weight excluding hydrogens is 775 g/mol. The maximum absolute atomic E-state index is 15.7. The molecule has 61 heavy (non-hydrogen) atoms. The number of nitrogens with two attached hydrogens (primary N) is 3. The number of likely N-dealkylation sites (N-methyl/N-ethyl adjacent to an activating group) is 1. The number of benzene rings is 2. The highest BCUT2D eigenvalue weighted by Gasteiger charge is 2.55. The smallest absolute Gasteiger partial charge is 0.335 e. The summed E-state index contributed by atoms with van der Waals surface area (Å²) in [6.45, 7) is 0.539. The van der Waals surface area contributed by atoms with Crippen molar-refractivity contribution in [2.24, 2.45) is 29.0 Å². The van der Waals surface area contributed by atoms with Crippen molar-refractivity contribution in [3.05, 3.63) is 71.3 Å². The Bertz CT molecular complexity index is 1800. The minimum Gasteiger partial charge on any atom is -0.478 e. The Hall–Kier alpha value is -4.50. The van der Waals surface area contributed by atoms with E-state index in [0.29, 0.717) is 38.6 Å². The Morgan fingerprint density at radius 2 is 1.41 bits per heavy atom. The first-order valence-corrected chi connectivity index (χ1v) is 22.7. The number of carbonyl (C=O) groups is 6. The number of ketones is 2. The van der Waals surface area contributed by atoms with E-state index in [1.807, 2.05) is 30.3 Å². The van der Waals surface area contributed by atoms with Gasteiger partial charge in [-0.15, -0.1) is 0 Å². The van der Waals surface area contributed by atoms with E-state index in [0.717, 1.165) is 69.8 Å². The molecule has 3 amide bonds. The summed E-state index contributed by atoms with van der Waals surface area (Å²) in [5, 5.41) is 19.0. The number of hydrogen-bond donors (Lipinski definition) is 7. The van der Waals surface area contributed by atoms with Gasteiger partial charge in [-0.25, -0.2) is 4.79 Å². The molecule has 10 N–H and O–H groups in total. The number of nitrogens with zero attached hydrogens (tertiary/aromatic N) is 1. The molecule has 14 nitrogen and oxygen atoms in total. The average Bonchev–Trinajstić information content (AvgIpc) is 3.77. The molecule has 2 saturated carbocycles. The number of carboxylic acid groups (broad SMARTS) is 1. The molecule has 5 rings (SSSR count). The Kier molecular flexibility index (Phi) is 18.0. The molecular formula is C47H69N7O7. The zero-order chi connectivity index (χ0) is 43.9. The normalized spacial score (nSPS) is 20.5. The highest BCUT2D eigenvalue weighted by Crippen LogP contribution is 2.36. The lowest BCUT2D eigenvalue weighted by Gasteiger charge is -2.40. The zero-order valence-corrected chi connectivity index (χ0v) is 36.0. The first kappa shape index (κ1) is 47.5. The van der Waals surface area contributed by atoms with E-state index in [2.05, 4.69) is 16.0 Å². The Labute approximate surface area is 360 Å². The van der Waals surface area contributed by atoms with Crippen LogP contribution in [-0.2, 0) is 35.9 Å². The largest absolute Gasteiger partial charge is 0.478 e. The van der Waals surface area contributed by atoms with Crippen LogP contribution in [0.2, 0.25) is 0 Å². The number of Topliss-reactive ketones (excluding diaryl/α,β-unsaturated/α-hetero) is 2. The summed E-state index contributed by atoms with van der Waals surface area (Å²) in [4.78, 5) is 87.9. The van der Waals surface area contributed by atoms with Gasteiger partial charge >= 0.3 is 5.97 Å². The summed E-state index contributed by atoms with van der Waals surface area (Å²) in [5.41, 5.74) is 17.5. The maximum atomic E-state index is 15.7. The van der Waals surface area contributed by atoms with Gasteiger partial charge in [0.2, 0.25) is 17.7 Å². The lowest BCUT2D eigenvalue weighted by Crippen LogP contribution is -2.67. The average molecular weight is 844 g/mol. The second kappa shape index (κ2) is 23.1. The number of likely N-dealkylation sites (tertiary alicyclic amines) is 1. The van der Waals surface area contributed by atoms with Crippen LogP contribution in [0, 0.1) is 11.8 Å². The number of hydrogen-bond acceptors (Lipinski definition) is 10. The molecule has 3 aliphatic rings. The van der Waals surface area contributed by atoms with Crippen molar-refractivity contribution < 1.29 is 33.9 Å². The van der Waals surface area contributed by atoms with E-state index in [9.17, 15) is 24.3 Å². The zero-order valence-electron chi connectivity index (χ0n) is 36.0. The molecule has 2 aliphatic carbocycles. The first-order valence-electron chi connectivity index (χ1n) is 22.7. The summed E-state index contributed by atoms with van der Waals surface area (Å²) in [5.74, 6) is -4.13. The number of carboxylic acids is 1. The fraction of sp³-hybridized carbons (Fsp3) is 0.617. The molecule has 0 aromatic heterocycles. The summed E-state index contributed by atoms with van der Waals surface area (Å²) in [6.07, 6.45) is 12.8. The lowest BCUT2D eigenvalue weighted by atomic mass is 9.73. The third-order valence-electron chi connectivity index (χ3n) is 13.2. The van der Waals surface area contributed by atoms with Gasteiger partial charge in [-0.05, 0) is 100 Å². The number of aromatic carboxylic acids is 1. The van der Waals surface area contributed by atoms with Crippen LogP contribution >= 0.6 is 0 Å². The fourth-order valence-corrected chi connectivity index (χ4v) is 9.77. The van der Waals surface area contributed by atoms with Gasteiger partial charge < -0.3 is 43.2 Å². The molecule has 1 aliphatic heterocycles. The van der Waals surface area contributed by atoms with E-state index in [-0.39, 0.29) is 54.7 Å². The Morgan fingerprint density at radius 3 is 2.02 bits per heavy atom. The maximum Gasteiger partial charge on any atom is 0.335 e. The highest BCUT2D eigenvalue weighted by molar-refractivity contribution is 6.18. The van der Waals surface area contributed by atoms with Crippen LogP contribution in [0.4, 0.5) is 0 Å². The van der Waals surface area contributed by atoms with Gasteiger partial charge in [-0.1, -0.05) is 107 Å². The molecule has 2 aromatic carbocycles. The third-order valence-corrected chi connectivity index (χ3v) is 13.2. The van der Waals surface area contributed by atoms with Crippen LogP contribution in [0.5, 0.6) is 0 Å². The molecule has 334 valence electrons. The third kappa shape index (κ3) is 12.3. The monoisotopic (exact) mass is 844 g/mol. The second-order valence-electron chi connectivity index (χ2n) is 17.6. The highest BCUT2D eigenvalue weighted by atomic mass is 16.4. The molecule has 1 saturated heterocycles. The Morgan fingerprint density at radius 1 is 0.770 bits per heavy atom. The van der Waals surface area contributed by atoms with Crippen molar-refractivity contribution in [1.82, 2.24) is 20.9 Å². The van der Waals surface area contributed by atoms with Crippen molar-refractivity contribution in [2.75, 3.05) is 20.1 Å². The van der Waals surface area contributed by atoms with Crippen LogP contribution in [-0.4, -0.2) is 95.6 Å². The van der Waals surface area contributed by atoms with Gasteiger partial charge in [0.05, 0.1) is 29.7 Å². The lowest BCUT2D eigenvalue weighted by molar-refractivity contribution is -0.149. The van der Waals surface area contributed by atoms with Crippen molar-refractivity contribution in [3.63, 3.8) is 0 Å². The van der Waals surface area contributed by atoms with Crippen LogP contribution in [0.15, 0.2) is 54.6 Å². The fourth-order valence-electron chi connectivity index (χ4n) is 9.77. The predicted molar refractivity (Wildman–Crippen MR) is 234 cm³/mol. The molecule has 3 fully saturated rings. The van der Waals surface area contributed by atoms with Gasteiger partial charge in [0.15, 0.2) is 17.1 Å². The van der Waals surface area contributed by atoms with Crippen molar-refractivity contribution in [2.45, 2.75) is 151 Å². The Balaban J connectivity index is 1.54. The van der Waals surface area contributed by atoms with Gasteiger partial charge in [0.1, 0.15) is 6.04 Å². The van der Waals surface area contributed by atoms with E-state index in [4.69, 9.17) is 17.2 Å². The molecule has 0 radical (unpaired) electrons. The topological polar surface area (TPSA) is 240 Å². The van der Waals surface area contributed by atoms with E-state index < -0.39 is 65.1 Å². The number of rotatable bonds is 22. The van der Waals surface area contributed by atoms with E-state index in [1.165, 1.54) is 29.2 Å². The van der Waals surface area contributed by atoms with Gasteiger partial charge in [-0.3, -0.25) is 24.0 Å². The van der Waals surface area contributed by atoms with Crippen LogP contribution in [0.1, 0.15) is 131 Å². The van der Waals surface area contributed by atoms with E-state index >= 15 is 9.59 Å². The number of nitrogens with one attached hydrogen (secondary N) is 3. The molecule has 2 aromatic rings. The quantitative estimate of drug-likeness (QED) is 0.0664. The number of carbonyl (C=O) groups excluding carboxylic acids is 5. The molecule has 0 bridgehead atoms. The summed E-state index contributed by atoms with van der Waals surface area (Å²) < 4.78 is 0. The SMILES string of the molecule is CN[C@@H](Cc1ccccc1)C(=O)N[C@@H](CCCCN)C(=O)N1CCC[C@H]1C(=O)C(NC(=O)[C@@H](N)CC1CCCCC1)(C(=O)[C@H](N)CC1CCCCC1)c1cccc(C(=O)O)c1. The van der Waals surface area contributed by atoms with Gasteiger partial charge in [0.25, 0.3) is 0 Å². The standard InChI is InChI=1S/C47H69N7O7/c1-51-39(29-33-19-9-4-10-20-33)44(58)52-38(23-11-12-25-48)45(59)54-26-14-24-40(54)42(56)47(35-22-13-21-34(30-35)46(60)61,41(55)36(49)27-31-15-5-2-6-16-31)53-43(57)37(50)28-32-17-7-3-8-18-32/h4,9-10,13,19-22,30-32,36-40,51H,2-3,5-8,11-12,14-18,23-29,48-50H2,1H3,(H,52,58)(H,53,57)(H,60,61)/t36-,37+,38+,39+,40+,47?/m1/s1. The minimum absolute atomic E-state index is 0.0513. The van der Waals surface area contributed by atoms with Crippen LogP contribution in [0.25, 0.3) is 0 Å². The van der Waals surface area contributed by atoms with Crippen LogP contribution in [0.3, 0.4) is 0 Å². The van der Waals surface area contributed by atoms with Gasteiger partial charge in [0, 0.05) is 6.54 Å². The molecule has 6 atom stereocenters. The molecule has 1 unspecified atom stereocenters. The number of amides is 3. The van der Waals surface area contributed by atoms with E-state index in [1.54, 1.807) is 7.05 Å². The molecule has 0 spiro atoms. The predicted octanol–water partition coefficient (Wildman–Crippen LogP) is 3.87. The van der Waals surface area contributed by atoms with Crippen LogP contribution < -0.4 is 33.2 Å². The number of unbranched alkanes of at least 4 members (excludes halogenated alkanes) is 1. The second-order valence-corrected chi connectivity index (χ2v) is 17.6. The minimum atomic E-state index is -2.47. The molecule has 14 heteroatoms.